The maximum absolute atomic E-state index is 5.81. The molecule has 0 atom stereocenters. The molecule has 0 radical (unpaired) electrons. The minimum atomic E-state index is 0.444. The van der Waals surface area contributed by atoms with Crippen molar-refractivity contribution in [3.8, 4) is 11.5 Å². The third kappa shape index (κ3) is 5.05. The summed E-state index contributed by atoms with van der Waals surface area (Å²) in [6.07, 6.45) is 11.7. The van der Waals surface area contributed by atoms with E-state index in [2.05, 4.69) is 50.5 Å². The Morgan fingerprint density at radius 2 is 1.97 bits per heavy atom. The minimum absolute atomic E-state index is 0.444. The van der Waals surface area contributed by atoms with Gasteiger partial charge in [0.05, 0.1) is 18.5 Å². The fourth-order valence-corrected chi connectivity index (χ4v) is 3.97. The molecule has 6 nitrogen and oxygen atoms in total. The van der Waals surface area contributed by atoms with Gasteiger partial charge in [-0.05, 0) is 59.5 Å². The fraction of sp³-hybridized carbons (Fsp3) is 0.0769. The molecule has 0 fully saturated rings. The van der Waals surface area contributed by atoms with Gasteiger partial charge >= 0.3 is 0 Å². The van der Waals surface area contributed by atoms with E-state index in [1.807, 2.05) is 54.1 Å². The Kier molecular flexibility index (Phi) is 6.04. The van der Waals surface area contributed by atoms with Crippen molar-refractivity contribution < 1.29 is 9.47 Å². The van der Waals surface area contributed by atoms with Gasteiger partial charge in [0.25, 0.3) is 0 Å². The van der Waals surface area contributed by atoms with Crippen LogP contribution in [0.4, 0.5) is 0 Å². The summed E-state index contributed by atoms with van der Waals surface area (Å²) in [5.41, 5.74) is 4.95. The van der Waals surface area contributed by atoms with Gasteiger partial charge < -0.3 is 14.5 Å². The van der Waals surface area contributed by atoms with Crippen LogP contribution >= 0.6 is 11.3 Å². The molecule has 5 aromatic rings. The van der Waals surface area contributed by atoms with E-state index in [9.17, 15) is 0 Å². The van der Waals surface area contributed by atoms with Crippen molar-refractivity contribution in [2.75, 3.05) is 7.11 Å². The molecule has 0 unspecified atom stereocenters. The van der Waals surface area contributed by atoms with E-state index in [0.717, 1.165) is 44.5 Å². The standard InChI is InChI=1S/C26H22N4O2S/c1-31-25-16-23(32-17-26-28-12-13-33-26)9-6-20(25)5-8-22-15-21(29-30-22)7-3-18-2-4-19-10-11-27-24(19)14-18/h2-16,27H,17H2,1H3,(H,29,30)/b7-3+,8-5+. The Balaban J connectivity index is 1.25. The van der Waals surface area contributed by atoms with Crippen molar-refractivity contribution in [1.82, 2.24) is 20.2 Å². The zero-order valence-corrected chi connectivity index (χ0v) is 18.8. The quantitative estimate of drug-likeness (QED) is 0.289. The number of H-pyrrole nitrogens is 2. The number of thiazole rings is 1. The Labute approximate surface area is 195 Å². The molecule has 0 saturated carbocycles. The molecule has 0 aliphatic carbocycles. The van der Waals surface area contributed by atoms with Crippen LogP contribution in [0, 0.1) is 0 Å². The van der Waals surface area contributed by atoms with Crippen molar-refractivity contribution in [2.45, 2.75) is 6.61 Å². The summed E-state index contributed by atoms with van der Waals surface area (Å²) in [6, 6.07) is 16.2. The van der Waals surface area contributed by atoms with E-state index in [-0.39, 0.29) is 0 Å². The first kappa shape index (κ1) is 20.8. The van der Waals surface area contributed by atoms with E-state index in [1.165, 1.54) is 5.39 Å². The number of benzene rings is 2. The largest absolute Gasteiger partial charge is 0.496 e. The number of ether oxygens (including phenoxy) is 2. The third-order valence-electron chi connectivity index (χ3n) is 5.14. The smallest absolute Gasteiger partial charge is 0.140 e. The zero-order valence-electron chi connectivity index (χ0n) is 18.0. The molecule has 0 bridgehead atoms. The monoisotopic (exact) mass is 454 g/mol. The number of hydrogen-bond acceptors (Lipinski definition) is 5. The second kappa shape index (κ2) is 9.58. The third-order valence-corrected chi connectivity index (χ3v) is 5.89. The van der Waals surface area contributed by atoms with E-state index >= 15 is 0 Å². The molecular weight excluding hydrogens is 432 g/mol. The van der Waals surface area contributed by atoms with Crippen molar-refractivity contribution >= 4 is 46.5 Å². The Morgan fingerprint density at radius 1 is 1.00 bits per heavy atom. The Bertz CT molecular complexity index is 1410. The lowest BCUT2D eigenvalue weighted by molar-refractivity contribution is 0.303. The first-order valence-corrected chi connectivity index (χ1v) is 11.3. The highest BCUT2D eigenvalue weighted by Gasteiger charge is 2.05. The summed E-state index contributed by atoms with van der Waals surface area (Å²) in [6.45, 7) is 0.444. The van der Waals surface area contributed by atoms with Gasteiger partial charge in [-0.1, -0.05) is 18.2 Å². The lowest BCUT2D eigenvalue weighted by atomic mass is 10.1. The van der Waals surface area contributed by atoms with Crippen LogP contribution in [0.25, 0.3) is 35.2 Å². The average Bonchev–Trinajstić information content (AvgIpc) is 3.62. The minimum Gasteiger partial charge on any atom is -0.496 e. The van der Waals surface area contributed by atoms with E-state index in [4.69, 9.17) is 9.47 Å². The first-order valence-electron chi connectivity index (χ1n) is 10.4. The molecule has 0 aliphatic rings. The van der Waals surface area contributed by atoms with Crippen LogP contribution in [0.5, 0.6) is 11.5 Å². The van der Waals surface area contributed by atoms with Crippen LogP contribution < -0.4 is 9.47 Å². The number of hydrogen-bond donors (Lipinski definition) is 2. The first-order chi connectivity index (χ1) is 16.3. The van der Waals surface area contributed by atoms with Crippen molar-refractivity contribution in [2.24, 2.45) is 0 Å². The zero-order chi connectivity index (χ0) is 22.5. The topological polar surface area (TPSA) is 75.8 Å². The number of fused-ring (bicyclic) bond motifs is 1. The molecule has 0 saturated heterocycles. The molecule has 2 N–H and O–H groups in total. The summed E-state index contributed by atoms with van der Waals surface area (Å²) >= 11 is 1.57. The van der Waals surface area contributed by atoms with E-state index < -0.39 is 0 Å². The highest BCUT2D eigenvalue weighted by atomic mass is 32.1. The number of aromatic amines is 2. The van der Waals surface area contributed by atoms with Crippen LogP contribution in [0.3, 0.4) is 0 Å². The van der Waals surface area contributed by atoms with Crippen LogP contribution in [-0.4, -0.2) is 27.3 Å². The molecule has 5 rings (SSSR count). The highest BCUT2D eigenvalue weighted by molar-refractivity contribution is 7.09. The molecule has 164 valence electrons. The van der Waals surface area contributed by atoms with Gasteiger partial charge in [-0.15, -0.1) is 11.3 Å². The van der Waals surface area contributed by atoms with Crippen molar-refractivity contribution in [3.63, 3.8) is 0 Å². The normalized spacial score (nSPS) is 11.7. The maximum Gasteiger partial charge on any atom is 0.140 e. The summed E-state index contributed by atoms with van der Waals surface area (Å²) in [7, 11) is 1.65. The summed E-state index contributed by atoms with van der Waals surface area (Å²) < 4.78 is 11.4. The molecule has 3 heterocycles. The van der Waals surface area contributed by atoms with Gasteiger partial charge in [0.2, 0.25) is 0 Å². The molecule has 3 aromatic heterocycles. The highest BCUT2D eigenvalue weighted by Crippen LogP contribution is 2.27. The molecule has 0 amide bonds. The number of nitrogens with zero attached hydrogens (tertiary/aromatic N) is 2. The lowest BCUT2D eigenvalue weighted by Gasteiger charge is -2.09. The second-order valence-electron chi connectivity index (χ2n) is 7.36. The van der Waals surface area contributed by atoms with Crippen molar-refractivity contribution in [3.05, 3.63) is 93.8 Å². The fourth-order valence-electron chi connectivity index (χ4n) is 3.44. The second-order valence-corrected chi connectivity index (χ2v) is 8.34. The van der Waals surface area contributed by atoms with Crippen LogP contribution in [0.1, 0.15) is 27.5 Å². The number of rotatable bonds is 8. The average molecular weight is 455 g/mol. The molecule has 0 aliphatic heterocycles. The predicted octanol–water partition coefficient (Wildman–Crippen LogP) is 6.28. The molecule has 7 heteroatoms. The van der Waals surface area contributed by atoms with Crippen LogP contribution in [0.15, 0.2) is 66.3 Å². The van der Waals surface area contributed by atoms with E-state index in [1.54, 1.807) is 24.6 Å². The molecule has 33 heavy (non-hydrogen) atoms. The number of aromatic nitrogens is 4. The molecule has 2 aromatic carbocycles. The van der Waals surface area contributed by atoms with E-state index in [0.29, 0.717) is 6.61 Å². The van der Waals surface area contributed by atoms with Crippen LogP contribution in [-0.2, 0) is 6.61 Å². The van der Waals surface area contributed by atoms with Gasteiger partial charge in [-0.2, -0.15) is 5.10 Å². The number of nitrogens with one attached hydrogen (secondary N) is 2. The van der Waals surface area contributed by atoms with Crippen molar-refractivity contribution in [1.29, 1.82) is 0 Å². The van der Waals surface area contributed by atoms with Crippen LogP contribution in [0.2, 0.25) is 0 Å². The summed E-state index contributed by atoms with van der Waals surface area (Å²) in [5, 5.41) is 11.5. The SMILES string of the molecule is COc1cc(OCc2nccs2)ccc1/C=C/c1cc(/C=C/c2ccc3cc[nH]c3c2)n[nH]1. The summed E-state index contributed by atoms with van der Waals surface area (Å²) in [5.74, 6) is 1.48. The Hall–Kier alpha value is -4.10. The van der Waals surface area contributed by atoms with Gasteiger partial charge in [0.15, 0.2) is 0 Å². The molecular formula is C26H22N4O2S. The van der Waals surface area contributed by atoms with Gasteiger partial charge in [-0.25, -0.2) is 4.98 Å². The molecule has 0 spiro atoms. The van der Waals surface area contributed by atoms with Gasteiger partial charge in [0, 0.05) is 34.9 Å². The lowest BCUT2D eigenvalue weighted by Crippen LogP contribution is -1.95. The maximum atomic E-state index is 5.81. The van der Waals surface area contributed by atoms with Gasteiger partial charge in [-0.3, -0.25) is 5.10 Å². The Morgan fingerprint density at radius 3 is 2.85 bits per heavy atom. The van der Waals surface area contributed by atoms with Gasteiger partial charge in [0.1, 0.15) is 23.1 Å². The number of methoxy groups -OCH3 is 1. The predicted molar refractivity (Wildman–Crippen MR) is 134 cm³/mol. The summed E-state index contributed by atoms with van der Waals surface area (Å²) in [4.78, 5) is 7.47.